The summed E-state index contributed by atoms with van der Waals surface area (Å²) in [5.74, 6) is 0.377. The first-order chi connectivity index (χ1) is 5.04. The molecule has 1 aliphatic heterocycles. The van der Waals surface area contributed by atoms with Gasteiger partial charge in [0.15, 0.2) is 0 Å². The van der Waals surface area contributed by atoms with Gasteiger partial charge >= 0.3 is 6.30 Å². The molecule has 0 saturated carbocycles. The molecule has 0 fully saturated rings. The Morgan fingerprint density at radius 2 is 2.18 bits per heavy atom. The van der Waals surface area contributed by atoms with Gasteiger partial charge in [0.25, 0.3) is 0 Å². The topological polar surface area (TPSA) is 27.6 Å². The summed E-state index contributed by atoms with van der Waals surface area (Å²) < 4.78 is 35.6. The van der Waals surface area contributed by atoms with Gasteiger partial charge in [0.05, 0.1) is 6.54 Å². The molecular formula is C5H8F3N3. The van der Waals surface area contributed by atoms with E-state index in [-0.39, 0.29) is 11.6 Å². The average molecular weight is 167 g/mol. The number of hydrogen-bond acceptors (Lipinski definition) is 3. The van der Waals surface area contributed by atoms with Gasteiger partial charge in [0.1, 0.15) is 5.84 Å². The summed E-state index contributed by atoms with van der Waals surface area (Å²) in [4.78, 5) is 0. The Hall–Kier alpha value is -0.940. The maximum absolute atomic E-state index is 11.9. The summed E-state index contributed by atoms with van der Waals surface area (Å²) in [7, 11) is 1.55. The molecule has 3 nitrogen and oxygen atoms in total. The quantitative estimate of drug-likeness (QED) is 0.539. The molecule has 64 valence electrons. The van der Waals surface area contributed by atoms with Gasteiger partial charge in [-0.25, -0.2) is 5.01 Å². The van der Waals surface area contributed by atoms with Crippen molar-refractivity contribution >= 4 is 5.84 Å². The van der Waals surface area contributed by atoms with Gasteiger partial charge in [0.2, 0.25) is 0 Å². The van der Waals surface area contributed by atoms with E-state index in [9.17, 15) is 13.2 Å². The number of nitrogens with one attached hydrogen (secondary N) is 1. The molecular weight excluding hydrogens is 159 g/mol. The summed E-state index contributed by atoms with van der Waals surface area (Å²) in [6.07, 6.45) is -4.01. The van der Waals surface area contributed by atoms with Crippen molar-refractivity contribution in [3.63, 3.8) is 0 Å². The third kappa shape index (κ3) is 1.75. The Balaban J connectivity index is 2.59. The molecule has 0 aromatic heterocycles. The largest absolute Gasteiger partial charge is 0.500 e. The normalized spacial score (nSPS) is 18.5. The lowest BCUT2D eigenvalue weighted by molar-refractivity contribution is -0.242. The molecule has 0 radical (unpaired) electrons. The second kappa shape index (κ2) is 2.60. The van der Waals surface area contributed by atoms with Crippen LogP contribution in [-0.4, -0.2) is 30.7 Å². The third-order valence-corrected chi connectivity index (χ3v) is 1.38. The third-order valence-electron chi connectivity index (χ3n) is 1.38. The van der Waals surface area contributed by atoms with Gasteiger partial charge in [-0.3, -0.25) is 0 Å². The predicted molar refractivity (Wildman–Crippen MR) is 33.9 cm³/mol. The first-order valence-corrected chi connectivity index (χ1v) is 3.13. The van der Waals surface area contributed by atoms with Crippen molar-refractivity contribution in [3.05, 3.63) is 0 Å². The molecule has 1 heterocycles. The number of nitrogens with zero attached hydrogens (tertiary/aromatic N) is 2. The summed E-state index contributed by atoms with van der Waals surface area (Å²) in [6, 6.07) is 0. The summed E-state index contributed by atoms with van der Waals surface area (Å²) in [5, 5.41) is 5.99. The predicted octanol–water partition coefficient (Wildman–Crippen LogP) is 0.745. The standard InChI is InChI=1S/C5H8F3N3/c1-9-4-2-3-11(10-4)5(6,7)8/h2-3H2,1H3,(H,9,10). The van der Waals surface area contributed by atoms with Crippen molar-refractivity contribution in [2.45, 2.75) is 12.7 Å². The van der Waals surface area contributed by atoms with Crippen LogP contribution in [0.15, 0.2) is 5.10 Å². The highest BCUT2D eigenvalue weighted by atomic mass is 19.4. The number of amidine groups is 1. The van der Waals surface area contributed by atoms with Crippen LogP contribution >= 0.6 is 0 Å². The number of rotatable bonds is 0. The number of halogens is 3. The fourth-order valence-electron chi connectivity index (χ4n) is 0.816. The Morgan fingerprint density at radius 1 is 1.55 bits per heavy atom. The van der Waals surface area contributed by atoms with Gasteiger partial charge in [-0.2, -0.15) is 5.10 Å². The maximum atomic E-state index is 11.9. The molecule has 1 aliphatic rings. The molecule has 0 aromatic carbocycles. The highest BCUT2D eigenvalue weighted by Crippen LogP contribution is 2.24. The minimum absolute atomic E-state index is 0.0837. The van der Waals surface area contributed by atoms with Crippen LogP contribution in [0.25, 0.3) is 0 Å². The van der Waals surface area contributed by atoms with Gasteiger partial charge in [-0.05, 0) is 0 Å². The summed E-state index contributed by atoms with van der Waals surface area (Å²) in [6.45, 7) is -0.0837. The van der Waals surface area contributed by atoms with E-state index in [2.05, 4.69) is 10.4 Å². The van der Waals surface area contributed by atoms with E-state index < -0.39 is 6.30 Å². The number of alkyl halides is 3. The van der Waals surface area contributed by atoms with Crippen molar-refractivity contribution in [2.75, 3.05) is 13.6 Å². The van der Waals surface area contributed by atoms with Crippen LogP contribution in [-0.2, 0) is 0 Å². The highest BCUT2D eigenvalue weighted by molar-refractivity contribution is 5.82. The first-order valence-electron chi connectivity index (χ1n) is 3.13. The zero-order chi connectivity index (χ0) is 8.48. The molecule has 0 spiro atoms. The Labute approximate surface area is 61.9 Å². The molecule has 6 heteroatoms. The second-order valence-electron chi connectivity index (χ2n) is 2.14. The lowest BCUT2D eigenvalue weighted by atomic mass is 10.4. The molecule has 0 aromatic rings. The van der Waals surface area contributed by atoms with Crippen LogP contribution in [0.4, 0.5) is 13.2 Å². The molecule has 0 amide bonds. The van der Waals surface area contributed by atoms with E-state index in [4.69, 9.17) is 0 Å². The zero-order valence-electron chi connectivity index (χ0n) is 5.94. The van der Waals surface area contributed by atoms with Crippen LogP contribution in [0, 0.1) is 0 Å². The molecule has 11 heavy (non-hydrogen) atoms. The van der Waals surface area contributed by atoms with Gasteiger partial charge < -0.3 is 5.32 Å². The van der Waals surface area contributed by atoms with Crippen molar-refractivity contribution in [1.29, 1.82) is 0 Å². The second-order valence-corrected chi connectivity index (χ2v) is 2.14. The van der Waals surface area contributed by atoms with E-state index in [1.54, 1.807) is 7.05 Å². The van der Waals surface area contributed by atoms with Crippen LogP contribution in [0.3, 0.4) is 0 Å². The zero-order valence-corrected chi connectivity index (χ0v) is 5.94. The van der Waals surface area contributed by atoms with E-state index in [1.807, 2.05) is 0 Å². The molecule has 0 bridgehead atoms. The summed E-state index contributed by atoms with van der Waals surface area (Å²) >= 11 is 0. The maximum Gasteiger partial charge on any atom is 0.500 e. The first kappa shape index (κ1) is 8.16. The fourth-order valence-corrected chi connectivity index (χ4v) is 0.816. The molecule has 0 atom stereocenters. The summed E-state index contributed by atoms with van der Waals surface area (Å²) in [5.41, 5.74) is 0. The lowest BCUT2D eigenvalue weighted by Gasteiger charge is -2.15. The van der Waals surface area contributed by atoms with Crippen LogP contribution in [0.5, 0.6) is 0 Å². The molecule has 1 N–H and O–H groups in total. The fraction of sp³-hybridized carbons (Fsp3) is 0.800. The Bertz CT molecular complexity index is 174. The minimum Gasteiger partial charge on any atom is -0.375 e. The number of hydrazone groups is 1. The van der Waals surface area contributed by atoms with Gasteiger partial charge in [-0.15, -0.1) is 13.2 Å². The monoisotopic (exact) mass is 167 g/mol. The van der Waals surface area contributed by atoms with E-state index in [0.29, 0.717) is 12.3 Å². The van der Waals surface area contributed by atoms with E-state index in [1.165, 1.54) is 0 Å². The van der Waals surface area contributed by atoms with Crippen LogP contribution in [0.2, 0.25) is 0 Å². The molecule has 0 aliphatic carbocycles. The number of hydrogen-bond donors (Lipinski definition) is 1. The van der Waals surface area contributed by atoms with E-state index in [0.717, 1.165) is 0 Å². The van der Waals surface area contributed by atoms with Crippen LogP contribution < -0.4 is 5.32 Å². The molecule has 0 unspecified atom stereocenters. The minimum atomic E-state index is -4.33. The van der Waals surface area contributed by atoms with Crippen molar-refractivity contribution in [2.24, 2.45) is 5.10 Å². The van der Waals surface area contributed by atoms with E-state index >= 15 is 0 Å². The van der Waals surface area contributed by atoms with Crippen LogP contribution in [0.1, 0.15) is 6.42 Å². The van der Waals surface area contributed by atoms with Crippen molar-refractivity contribution in [1.82, 2.24) is 10.3 Å². The molecule has 1 rings (SSSR count). The highest BCUT2D eigenvalue weighted by Gasteiger charge is 2.39. The smallest absolute Gasteiger partial charge is 0.375 e. The lowest BCUT2D eigenvalue weighted by Crippen LogP contribution is -2.31. The SMILES string of the molecule is CNC1=NN(C(F)(F)F)CC1. The average Bonchev–Trinajstić information content (AvgIpc) is 2.32. The van der Waals surface area contributed by atoms with Gasteiger partial charge in [0, 0.05) is 13.5 Å². The van der Waals surface area contributed by atoms with Crippen molar-refractivity contribution in [3.8, 4) is 0 Å². The van der Waals surface area contributed by atoms with Crippen molar-refractivity contribution < 1.29 is 13.2 Å². The van der Waals surface area contributed by atoms with Gasteiger partial charge in [-0.1, -0.05) is 0 Å². The Kier molecular flexibility index (Phi) is 1.92. The Morgan fingerprint density at radius 3 is 2.45 bits per heavy atom. The molecule has 0 saturated heterocycles.